The van der Waals surface area contributed by atoms with Crippen molar-refractivity contribution < 1.29 is 15.1 Å². The van der Waals surface area contributed by atoms with Crippen LogP contribution < -0.4 is 15.8 Å². The molecule has 0 saturated heterocycles. The molecule has 1 rings (SSSR count). The highest BCUT2D eigenvalue weighted by atomic mass is 16.5. The third kappa shape index (κ3) is 4.40. The first-order chi connectivity index (χ1) is 9.65. The Hall–Kier alpha value is -1.79. The van der Waals surface area contributed by atoms with E-state index in [-0.39, 0.29) is 18.5 Å². The Morgan fingerprint density at radius 2 is 2.25 bits per heavy atom. The van der Waals surface area contributed by atoms with Crippen LogP contribution in [0.25, 0.3) is 0 Å². The molecule has 0 aromatic heterocycles. The van der Waals surface area contributed by atoms with Crippen molar-refractivity contribution >= 4 is 5.84 Å². The van der Waals surface area contributed by atoms with E-state index in [0.29, 0.717) is 17.9 Å². The average molecular weight is 281 g/mol. The van der Waals surface area contributed by atoms with E-state index in [2.05, 4.69) is 17.4 Å². The van der Waals surface area contributed by atoms with Gasteiger partial charge in [-0.2, -0.15) is 0 Å². The molecule has 6 heteroatoms. The van der Waals surface area contributed by atoms with Crippen LogP contribution in [0.15, 0.2) is 23.4 Å². The number of rotatable bonds is 8. The number of nitrogens with two attached hydrogens (primary N) is 1. The summed E-state index contributed by atoms with van der Waals surface area (Å²) in [6.07, 6.45) is 1.69. The number of methoxy groups -OCH3 is 1. The summed E-state index contributed by atoms with van der Waals surface area (Å²) in [7, 11) is 1.54. The van der Waals surface area contributed by atoms with Crippen molar-refractivity contribution in [2.24, 2.45) is 10.9 Å². The second-order valence-corrected chi connectivity index (χ2v) is 4.52. The fourth-order valence-corrected chi connectivity index (χ4v) is 1.98. The Balaban J connectivity index is 2.78. The molecule has 0 fully saturated rings. The Morgan fingerprint density at radius 1 is 1.50 bits per heavy atom. The molecular formula is C14H23N3O3. The molecular weight excluding hydrogens is 258 g/mol. The van der Waals surface area contributed by atoms with Crippen molar-refractivity contribution in [3.05, 3.63) is 29.3 Å². The maximum atomic E-state index is 8.96. The van der Waals surface area contributed by atoms with Gasteiger partial charge in [-0.1, -0.05) is 18.1 Å². The lowest BCUT2D eigenvalue weighted by atomic mass is 10.1. The van der Waals surface area contributed by atoms with Crippen LogP contribution in [0.1, 0.15) is 30.9 Å². The van der Waals surface area contributed by atoms with Crippen LogP contribution in [-0.4, -0.2) is 35.9 Å². The third-order valence-corrected chi connectivity index (χ3v) is 3.21. The number of nitrogens with zero attached hydrogens (tertiary/aromatic N) is 1. The fourth-order valence-electron chi connectivity index (χ4n) is 1.98. The molecule has 0 amide bonds. The number of hydrogen-bond donors (Lipinski definition) is 4. The summed E-state index contributed by atoms with van der Waals surface area (Å²) in [6, 6.07) is 5.80. The number of aliphatic hydroxyl groups is 1. The van der Waals surface area contributed by atoms with Gasteiger partial charge in [0.1, 0.15) is 5.75 Å². The van der Waals surface area contributed by atoms with Crippen molar-refractivity contribution in [1.29, 1.82) is 0 Å². The zero-order chi connectivity index (χ0) is 15.0. The van der Waals surface area contributed by atoms with E-state index >= 15 is 0 Å². The van der Waals surface area contributed by atoms with Crippen LogP contribution in [-0.2, 0) is 6.54 Å². The Morgan fingerprint density at radius 3 is 2.80 bits per heavy atom. The normalized spacial score (nSPS) is 13.2. The molecule has 0 bridgehead atoms. The summed E-state index contributed by atoms with van der Waals surface area (Å²) >= 11 is 0. The van der Waals surface area contributed by atoms with Crippen LogP contribution in [0, 0.1) is 0 Å². The van der Waals surface area contributed by atoms with Crippen molar-refractivity contribution in [1.82, 2.24) is 5.32 Å². The van der Waals surface area contributed by atoms with E-state index in [1.54, 1.807) is 13.2 Å². The molecule has 1 unspecified atom stereocenters. The standard InChI is InChI=1S/C14H23N3O3/c1-3-11(6-7-18)16-9-10-4-5-12(14(15)17-19)13(8-10)20-2/h4-5,8,11,16,18-19H,3,6-7,9H2,1-2H3,(H2,15,17). The lowest BCUT2D eigenvalue weighted by Gasteiger charge is -2.16. The number of ether oxygens (including phenoxy) is 1. The van der Waals surface area contributed by atoms with E-state index in [1.807, 2.05) is 12.1 Å². The molecule has 1 aromatic carbocycles. The van der Waals surface area contributed by atoms with Gasteiger partial charge in [0.25, 0.3) is 0 Å². The fraction of sp³-hybridized carbons (Fsp3) is 0.500. The monoisotopic (exact) mass is 281 g/mol. The molecule has 0 spiro atoms. The molecule has 0 aliphatic rings. The maximum absolute atomic E-state index is 8.96. The van der Waals surface area contributed by atoms with E-state index in [9.17, 15) is 0 Å². The van der Waals surface area contributed by atoms with Crippen LogP contribution in [0.5, 0.6) is 5.75 Å². The highest BCUT2D eigenvalue weighted by Crippen LogP contribution is 2.20. The lowest BCUT2D eigenvalue weighted by Crippen LogP contribution is -2.28. The zero-order valence-corrected chi connectivity index (χ0v) is 12.0. The van der Waals surface area contributed by atoms with Crippen molar-refractivity contribution in [3.63, 3.8) is 0 Å². The largest absolute Gasteiger partial charge is 0.496 e. The Kier molecular flexibility index (Phi) is 6.83. The van der Waals surface area contributed by atoms with E-state index in [4.69, 9.17) is 20.8 Å². The molecule has 0 saturated carbocycles. The average Bonchev–Trinajstić information content (AvgIpc) is 2.50. The molecule has 1 atom stereocenters. The Labute approximate surface area is 119 Å². The third-order valence-electron chi connectivity index (χ3n) is 3.21. The maximum Gasteiger partial charge on any atom is 0.173 e. The molecule has 0 aliphatic heterocycles. The summed E-state index contributed by atoms with van der Waals surface area (Å²) < 4.78 is 5.25. The predicted octanol–water partition coefficient (Wildman–Crippen LogP) is 1.04. The minimum absolute atomic E-state index is 0.0214. The van der Waals surface area contributed by atoms with Gasteiger partial charge in [0.15, 0.2) is 5.84 Å². The number of benzene rings is 1. The topological polar surface area (TPSA) is 100 Å². The number of hydrogen-bond acceptors (Lipinski definition) is 5. The van der Waals surface area contributed by atoms with Crippen LogP contribution in [0.2, 0.25) is 0 Å². The van der Waals surface area contributed by atoms with Gasteiger partial charge >= 0.3 is 0 Å². The highest BCUT2D eigenvalue weighted by Gasteiger charge is 2.10. The molecule has 6 nitrogen and oxygen atoms in total. The minimum Gasteiger partial charge on any atom is -0.496 e. The summed E-state index contributed by atoms with van der Waals surface area (Å²) in [5, 5.41) is 24.0. The number of amidine groups is 1. The van der Waals surface area contributed by atoms with E-state index in [1.165, 1.54) is 0 Å². The van der Waals surface area contributed by atoms with Crippen molar-refractivity contribution in [2.45, 2.75) is 32.4 Å². The summed E-state index contributed by atoms with van der Waals surface area (Å²) in [4.78, 5) is 0. The molecule has 5 N–H and O–H groups in total. The van der Waals surface area contributed by atoms with E-state index in [0.717, 1.165) is 18.4 Å². The van der Waals surface area contributed by atoms with Gasteiger partial charge in [0, 0.05) is 19.2 Å². The van der Waals surface area contributed by atoms with Gasteiger partial charge < -0.3 is 26.1 Å². The second-order valence-electron chi connectivity index (χ2n) is 4.52. The molecule has 112 valence electrons. The number of oxime groups is 1. The predicted molar refractivity (Wildman–Crippen MR) is 78.1 cm³/mol. The smallest absolute Gasteiger partial charge is 0.173 e. The molecule has 0 heterocycles. The minimum atomic E-state index is 0.0214. The first-order valence-electron chi connectivity index (χ1n) is 6.65. The van der Waals surface area contributed by atoms with Crippen LogP contribution in [0.4, 0.5) is 0 Å². The summed E-state index contributed by atoms with van der Waals surface area (Å²) in [5.41, 5.74) is 7.17. The lowest BCUT2D eigenvalue weighted by molar-refractivity contribution is 0.262. The van der Waals surface area contributed by atoms with Crippen molar-refractivity contribution in [2.75, 3.05) is 13.7 Å². The van der Waals surface area contributed by atoms with Gasteiger partial charge in [0.05, 0.1) is 12.7 Å². The second kappa shape index (κ2) is 8.39. The van der Waals surface area contributed by atoms with E-state index < -0.39 is 0 Å². The highest BCUT2D eigenvalue weighted by molar-refractivity contribution is 5.99. The SMILES string of the molecule is CCC(CCO)NCc1ccc(/C(N)=N/O)c(OC)c1. The first kappa shape index (κ1) is 16.3. The van der Waals surface area contributed by atoms with Crippen molar-refractivity contribution in [3.8, 4) is 5.75 Å². The number of aliphatic hydroxyl groups excluding tert-OH is 1. The molecule has 1 aromatic rings. The van der Waals surface area contributed by atoms with Crippen LogP contribution >= 0.6 is 0 Å². The van der Waals surface area contributed by atoms with Gasteiger partial charge in [-0.15, -0.1) is 0 Å². The first-order valence-corrected chi connectivity index (χ1v) is 6.65. The molecule has 20 heavy (non-hydrogen) atoms. The molecule has 0 aliphatic carbocycles. The van der Waals surface area contributed by atoms with Gasteiger partial charge in [-0.05, 0) is 30.5 Å². The van der Waals surface area contributed by atoms with Crippen LogP contribution in [0.3, 0.4) is 0 Å². The quantitative estimate of drug-likeness (QED) is 0.247. The summed E-state index contributed by atoms with van der Waals surface area (Å²) in [6.45, 7) is 2.93. The van der Waals surface area contributed by atoms with Gasteiger partial charge in [-0.25, -0.2) is 0 Å². The Bertz CT molecular complexity index is 449. The zero-order valence-electron chi connectivity index (χ0n) is 12.0. The molecule has 0 radical (unpaired) electrons. The summed E-state index contributed by atoms with van der Waals surface area (Å²) in [5.74, 6) is 0.586. The van der Waals surface area contributed by atoms with Gasteiger partial charge in [-0.3, -0.25) is 0 Å². The van der Waals surface area contributed by atoms with Gasteiger partial charge in [0.2, 0.25) is 0 Å². The number of nitrogens with one attached hydrogen (secondary N) is 1.